The highest BCUT2D eigenvalue weighted by Gasteiger charge is 2.07. The van der Waals surface area contributed by atoms with Gasteiger partial charge in [0.1, 0.15) is 5.75 Å². The predicted molar refractivity (Wildman–Crippen MR) is 91.1 cm³/mol. The molecular weight excluding hydrogens is 397 g/mol. The van der Waals surface area contributed by atoms with Crippen molar-refractivity contribution < 1.29 is 19.1 Å². The molecule has 0 radical (unpaired) electrons. The van der Waals surface area contributed by atoms with Crippen LogP contribution in [0.3, 0.4) is 0 Å². The minimum absolute atomic E-state index is 0.0845. The predicted octanol–water partition coefficient (Wildman–Crippen LogP) is 3.10. The molecule has 0 fully saturated rings. The molecular formula is C16H14INO4. The van der Waals surface area contributed by atoms with Crippen LogP contribution in [0.2, 0.25) is 0 Å². The highest BCUT2D eigenvalue weighted by Crippen LogP contribution is 2.15. The van der Waals surface area contributed by atoms with Crippen LogP contribution in [0.25, 0.3) is 0 Å². The fourth-order valence-electron chi connectivity index (χ4n) is 1.71. The monoisotopic (exact) mass is 411 g/mol. The van der Waals surface area contributed by atoms with E-state index in [1.165, 1.54) is 7.11 Å². The first-order valence-electron chi connectivity index (χ1n) is 6.45. The lowest BCUT2D eigenvalue weighted by atomic mass is 10.2. The molecule has 0 aromatic heterocycles. The van der Waals surface area contributed by atoms with Gasteiger partial charge in [0.15, 0.2) is 6.61 Å². The van der Waals surface area contributed by atoms with Crippen LogP contribution < -0.4 is 10.1 Å². The number of ether oxygens (including phenoxy) is 2. The van der Waals surface area contributed by atoms with Crippen LogP contribution in [0.4, 0.5) is 5.69 Å². The number of amides is 1. The lowest BCUT2D eigenvalue weighted by Gasteiger charge is -2.08. The van der Waals surface area contributed by atoms with Crippen molar-refractivity contribution in [1.82, 2.24) is 0 Å². The largest absolute Gasteiger partial charge is 0.484 e. The number of rotatable bonds is 5. The van der Waals surface area contributed by atoms with Gasteiger partial charge in [0.25, 0.3) is 5.91 Å². The van der Waals surface area contributed by atoms with Crippen LogP contribution >= 0.6 is 22.6 Å². The molecule has 2 rings (SSSR count). The average molecular weight is 411 g/mol. The molecule has 0 aliphatic carbocycles. The van der Waals surface area contributed by atoms with Crippen LogP contribution in [0, 0.1) is 3.57 Å². The number of benzene rings is 2. The van der Waals surface area contributed by atoms with E-state index in [1.54, 1.807) is 30.3 Å². The lowest BCUT2D eigenvalue weighted by Crippen LogP contribution is -2.20. The summed E-state index contributed by atoms with van der Waals surface area (Å²) in [5, 5.41) is 2.69. The number of hydrogen-bond acceptors (Lipinski definition) is 4. The Kier molecular flexibility index (Phi) is 5.76. The highest BCUT2D eigenvalue weighted by molar-refractivity contribution is 14.1. The Morgan fingerprint density at radius 1 is 1.14 bits per heavy atom. The average Bonchev–Trinajstić information content (AvgIpc) is 2.53. The van der Waals surface area contributed by atoms with Gasteiger partial charge >= 0.3 is 5.97 Å². The minimum atomic E-state index is -0.417. The van der Waals surface area contributed by atoms with Crippen molar-refractivity contribution >= 4 is 40.2 Å². The Labute approximate surface area is 141 Å². The standard InChI is InChI=1S/C16H14INO4/c1-21-16(20)11-5-7-13(8-6-11)18-15(19)10-22-14-4-2-3-12(17)9-14/h2-9H,10H2,1H3,(H,18,19). The molecule has 5 nitrogen and oxygen atoms in total. The maximum atomic E-state index is 11.8. The molecule has 22 heavy (non-hydrogen) atoms. The summed E-state index contributed by atoms with van der Waals surface area (Å²) in [4.78, 5) is 23.1. The topological polar surface area (TPSA) is 64.6 Å². The number of carbonyl (C=O) groups is 2. The van der Waals surface area contributed by atoms with Crippen LogP contribution in [0.1, 0.15) is 10.4 Å². The minimum Gasteiger partial charge on any atom is -0.484 e. The molecule has 1 N–H and O–H groups in total. The Balaban J connectivity index is 1.88. The molecule has 0 unspecified atom stereocenters. The van der Waals surface area contributed by atoms with Gasteiger partial charge in [0, 0.05) is 9.26 Å². The van der Waals surface area contributed by atoms with Crippen molar-refractivity contribution in [2.45, 2.75) is 0 Å². The van der Waals surface area contributed by atoms with Gasteiger partial charge < -0.3 is 14.8 Å². The number of halogens is 1. The molecule has 0 spiro atoms. The number of nitrogens with one attached hydrogen (secondary N) is 1. The zero-order chi connectivity index (χ0) is 15.9. The molecule has 2 aromatic rings. The summed E-state index contributed by atoms with van der Waals surface area (Å²) in [6.07, 6.45) is 0. The lowest BCUT2D eigenvalue weighted by molar-refractivity contribution is -0.118. The van der Waals surface area contributed by atoms with E-state index >= 15 is 0 Å². The fraction of sp³-hybridized carbons (Fsp3) is 0.125. The highest BCUT2D eigenvalue weighted by atomic mass is 127. The van der Waals surface area contributed by atoms with Crippen molar-refractivity contribution in [2.75, 3.05) is 19.0 Å². The van der Waals surface area contributed by atoms with E-state index < -0.39 is 5.97 Å². The molecule has 114 valence electrons. The molecule has 0 bridgehead atoms. The van der Waals surface area contributed by atoms with Gasteiger partial charge in [-0.25, -0.2) is 4.79 Å². The van der Waals surface area contributed by atoms with Gasteiger partial charge in [0.2, 0.25) is 0 Å². The third-order valence-electron chi connectivity index (χ3n) is 2.76. The quantitative estimate of drug-likeness (QED) is 0.607. The zero-order valence-electron chi connectivity index (χ0n) is 11.8. The van der Waals surface area contributed by atoms with E-state index in [0.29, 0.717) is 17.0 Å². The molecule has 0 heterocycles. The maximum absolute atomic E-state index is 11.8. The summed E-state index contributed by atoms with van der Waals surface area (Å²) >= 11 is 2.17. The first-order valence-corrected chi connectivity index (χ1v) is 7.53. The number of hydrogen-bond donors (Lipinski definition) is 1. The molecule has 0 aliphatic heterocycles. The first-order chi connectivity index (χ1) is 10.6. The third kappa shape index (κ3) is 4.73. The van der Waals surface area contributed by atoms with Gasteiger partial charge in [-0.2, -0.15) is 0 Å². The smallest absolute Gasteiger partial charge is 0.337 e. The van der Waals surface area contributed by atoms with Crippen molar-refractivity contribution in [3.8, 4) is 5.75 Å². The molecule has 0 saturated carbocycles. The summed E-state index contributed by atoms with van der Waals surface area (Å²) in [5.74, 6) is -0.0485. The number of carbonyl (C=O) groups excluding carboxylic acids is 2. The van der Waals surface area contributed by atoms with Gasteiger partial charge in [-0.05, 0) is 65.1 Å². The van der Waals surface area contributed by atoms with E-state index in [0.717, 1.165) is 3.57 Å². The van der Waals surface area contributed by atoms with Gasteiger partial charge in [-0.3, -0.25) is 4.79 Å². The number of methoxy groups -OCH3 is 1. The van der Waals surface area contributed by atoms with E-state index in [4.69, 9.17) is 4.74 Å². The summed E-state index contributed by atoms with van der Waals surface area (Å²) in [6, 6.07) is 13.9. The van der Waals surface area contributed by atoms with Gasteiger partial charge in [-0.1, -0.05) is 6.07 Å². The van der Waals surface area contributed by atoms with Crippen molar-refractivity contribution in [1.29, 1.82) is 0 Å². The molecule has 1 amide bonds. The van der Waals surface area contributed by atoms with Crippen LogP contribution in [0.15, 0.2) is 48.5 Å². The normalized spacial score (nSPS) is 9.91. The summed E-state index contributed by atoms with van der Waals surface area (Å²) in [5.41, 5.74) is 1.01. The van der Waals surface area contributed by atoms with E-state index in [9.17, 15) is 9.59 Å². The second-order valence-corrected chi connectivity index (χ2v) is 5.61. The Bertz CT molecular complexity index is 670. The Morgan fingerprint density at radius 3 is 2.50 bits per heavy atom. The zero-order valence-corrected chi connectivity index (χ0v) is 14.0. The van der Waals surface area contributed by atoms with Gasteiger partial charge in [0.05, 0.1) is 12.7 Å². The number of anilines is 1. The molecule has 0 aliphatic rings. The molecule has 2 aromatic carbocycles. The van der Waals surface area contributed by atoms with E-state index in [-0.39, 0.29) is 12.5 Å². The fourth-order valence-corrected chi connectivity index (χ4v) is 2.22. The summed E-state index contributed by atoms with van der Waals surface area (Å²) in [7, 11) is 1.32. The van der Waals surface area contributed by atoms with E-state index in [2.05, 4.69) is 32.6 Å². The second-order valence-electron chi connectivity index (χ2n) is 4.36. The van der Waals surface area contributed by atoms with E-state index in [1.807, 2.05) is 18.2 Å². The van der Waals surface area contributed by atoms with Gasteiger partial charge in [-0.15, -0.1) is 0 Å². The third-order valence-corrected chi connectivity index (χ3v) is 3.43. The molecule has 0 saturated heterocycles. The van der Waals surface area contributed by atoms with Crippen molar-refractivity contribution in [2.24, 2.45) is 0 Å². The Morgan fingerprint density at radius 2 is 1.86 bits per heavy atom. The Hall–Kier alpha value is -2.09. The maximum Gasteiger partial charge on any atom is 0.337 e. The van der Waals surface area contributed by atoms with Crippen LogP contribution in [-0.2, 0) is 9.53 Å². The SMILES string of the molecule is COC(=O)c1ccc(NC(=O)COc2cccc(I)c2)cc1. The van der Waals surface area contributed by atoms with Crippen molar-refractivity contribution in [3.05, 3.63) is 57.7 Å². The first kappa shape index (κ1) is 16.3. The summed E-state index contributed by atoms with van der Waals surface area (Å²) < 4.78 is 11.1. The number of esters is 1. The second kappa shape index (κ2) is 7.79. The summed E-state index contributed by atoms with van der Waals surface area (Å²) in [6.45, 7) is -0.0845. The van der Waals surface area contributed by atoms with Crippen molar-refractivity contribution in [3.63, 3.8) is 0 Å². The van der Waals surface area contributed by atoms with Crippen LogP contribution in [-0.4, -0.2) is 25.6 Å². The molecule has 0 atom stereocenters. The van der Waals surface area contributed by atoms with Crippen LogP contribution in [0.5, 0.6) is 5.75 Å². The molecule has 6 heteroatoms.